The first kappa shape index (κ1) is 28.0. The molecule has 2 aromatic carbocycles. The Morgan fingerprint density at radius 2 is 1.78 bits per heavy atom. The van der Waals surface area contributed by atoms with Gasteiger partial charge in [0.05, 0.1) is 25.4 Å². The van der Waals surface area contributed by atoms with Gasteiger partial charge in [0, 0.05) is 80.1 Å². The first-order valence-electron chi connectivity index (χ1n) is 14.3. The number of rotatable bonds is 7. The number of nitrogens with one attached hydrogen (secondary N) is 1. The van der Waals surface area contributed by atoms with Crippen molar-refractivity contribution in [2.24, 2.45) is 0 Å². The molecular formula is C30H37ClFN7O2. The van der Waals surface area contributed by atoms with Crippen LogP contribution in [0.4, 0.5) is 27.4 Å². The van der Waals surface area contributed by atoms with Crippen molar-refractivity contribution < 1.29 is 14.0 Å². The molecule has 6 rings (SSSR count). The number of hydroxylamine groups is 1. The maximum Gasteiger partial charge on any atom is 0.158 e. The van der Waals surface area contributed by atoms with Crippen LogP contribution in [0.5, 0.6) is 5.75 Å². The number of hydrogen-bond donors (Lipinski definition) is 1. The Kier molecular flexibility index (Phi) is 8.43. The van der Waals surface area contributed by atoms with Crippen LogP contribution in [0.25, 0.3) is 0 Å². The number of anilines is 4. The van der Waals surface area contributed by atoms with Gasteiger partial charge in [-0.05, 0) is 44.2 Å². The molecule has 3 aliphatic heterocycles. The van der Waals surface area contributed by atoms with Gasteiger partial charge in [0.25, 0.3) is 0 Å². The zero-order valence-corrected chi connectivity index (χ0v) is 24.4. The number of nitrogens with zero attached hydrogens (tertiary/aromatic N) is 6. The van der Waals surface area contributed by atoms with Crippen molar-refractivity contribution in [3.05, 3.63) is 65.2 Å². The molecule has 11 heteroatoms. The highest BCUT2D eigenvalue weighted by atomic mass is 35.5. The van der Waals surface area contributed by atoms with E-state index < -0.39 is 0 Å². The molecule has 1 atom stereocenters. The van der Waals surface area contributed by atoms with E-state index in [1.54, 1.807) is 30.4 Å². The molecule has 0 radical (unpaired) electrons. The summed E-state index contributed by atoms with van der Waals surface area (Å²) in [5, 5.41) is 5.38. The Hall–Kier alpha value is -3.18. The lowest BCUT2D eigenvalue weighted by molar-refractivity contribution is 0.0981. The third-order valence-electron chi connectivity index (χ3n) is 8.42. The normalized spacial score (nSPS) is 20.9. The van der Waals surface area contributed by atoms with Gasteiger partial charge in [0.15, 0.2) is 5.82 Å². The van der Waals surface area contributed by atoms with Gasteiger partial charge >= 0.3 is 0 Å². The Bertz CT molecular complexity index is 1350. The van der Waals surface area contributed by atoms with Gasteiger partial charge in [-0.15, -0.1) is 0 Å². The van der Waals surface area contributed by atoms with Crippen molar-refractivity contribution in [1.29, 1.82) is 0 Å². The van der Waals surface area contributed by atoms with Crippen LogP contribution in [0.1, 0.15) is 30.9 Å². The maximum atomic E-state index is 14.7. The van der Waals surface area contributed by atoms with Crippen LogP contribution >= 0.6 is 11.6 Å². The third-order valence-corrected chi connectivity index (χ3v) is 8.65. The van der Waals surface area contributed by atoms with E-state index in [9.17, 15) is 4.39 Å². The molecule has 41 heavy (non-hydrogen) atoms. The second-order valence-corrected chi connectivity index (χ2v) is 11.4. The average molecular weight is 582 g/mol. The zero-order valence-electron chi connectivity index (χ0n) is 23.6. The van der Waals surface area contributed by atoms with Crippen molar-refractivity contribution in [3.8, 4) is 5.75 Å². The molecule has 3 saturated heterocycles. The summed E-state index contributed by atoms with van der Waals surface area (Å²) in [5.74, 6) is 1.61. The second kappa shape index (κ2) is 12.4. The highest BCUT2D eigenvalue weighted by Crippen LogP contribution is 2.37. The van der Waals surface area contributed by atoms with E-state index in [-0.39, 0.29) is 11.9 Å². The van der Waals surface area contributed by atoms with Crippen LogP contribution < -0.4 is 20.0 Å². The number of piperazine rings is 1. The molecule has 4 heterocycles. The molecule has 1 unspecified atom stereocenters. The Morgan fingerprint density at radius 3 is 2.54 bits per heavy atom. The van der Waals surface area contributed by atoms with E-state index in [1.165, 1.54) is 12.4 Å². The Labute approximate surface area is 245 Å². The monoisotopic (exact) mass is 581 g/mol. The second-order valence-electron chi connectivity index (χ2n) is 11.0. The molecular weight excluding hydrogens is 545 g/mol. The summed E-state index contributed by atoms with van der Waals surface area (Å²) in [6.45, 7) is 7.13. The van der Waals surface area contributed by atoms with Crippen LogP contribution in [0.2, 0.25) is 5.02 Å². The zero-order chi connectivity index (χ0) is 28.3. The molecule has 0 saturated carbocycles. The lowest BCUT2D eigenvalue weighted by Gasteiger charge is -2.42. The first-order chi connectivity index (χ1) is 20.0. The number of hydrogen-bond acceptors (Lipinski definition) is 9. The van der Waals surface area contributed by atoms with Gasteiger partial charge in [0.1, 0.15) is 23.7 Å². The number of aromatic nitrogens is 2. The molecule has 3 aliphatic rings. The highest BCUT2D eigenvalue weighted by molar-refractivity contribution is 6.30. The first-order valence-corrected chi connectivity index (χ1v) is 14.7. The molecule has 1 N–H and O–H groups in total. The minimum atomic E-state index is -0.360. The molecule has 0 aliphatic carbocycles. The van der Waals surface area contributed by atoms with E-state index in [0.29, 0.717) is 41.3 Å². The van der Waals surface area contributed by atoms with Crippen LogP contribution in [0.3, 0.4) is 0 Å². The predicted octanol–water partition coefficient (Wildman–Crippen LogP) is 5.12. The SMILES string of the molecule is COc1cc(Nc2cc(N3OCCC3c3ccc(Cl)cc3F)ncn2)ccc1N1CCC(N2CCN(C)CC2)CC1. The molecule has 9 nitrogen and oxygen atoms in total. The number of likely N-dealkylation sites (N-methyl/N-ethyl adjacent to an activating group) is 1. The third kappa shape index (κ3) is 6.21. The standard InChI is InChI=1S/C30H37ClFN7O2/c1-36-12-14-37(15-13-36)23-7-10-38(11-8-23)27-6-4-22(18-28(27)40-2)35-29-19-30(34-20-33-29)39-26(9-16-41-39)24-5-3-21(31)17-25(24)32/h3-6,17-20,23,26H,7-16H2,1-2H3,(H,33,34,35). The average Bonchev–Trinajstić information content (AvgIpc) is 3.48. The van der Waals surface area contributed by atoms with Crippen molar-refractivity contribution in [1.82, 2.24) is 19.8 Å². The van der Waals surface area contributed by atoms with E-state index in [4.69, 9.17) is 21.2 Å². The summed E-state index contributed by atoms with van der Waals surface area (Å²) in [5.41, 5.74) is 2.48. The quantitative estimate of drug-likeness (QED) is 0.409. The van der Waals surface area contributed by atoms with Gasteiger partial charge in [-0.1, -0.05) is 17.7 Å². The summed E-state index contributed by atoms with van der Waals surface area (Å²) in [6.07, 6.45) is 4.44. The number of methoxy groups -OCH3 is 1. The fourth-order valence-electron chi connectivity index (χ4n) is 6.11. The van der Waals surface area contributed by atoms with Crippen LogP contribution in [-0.4, -0.2) is 85.8 Å². The lowest BCUT2D eigenvalue weighted by Crippen LogP contribution is -2.52. The van der Waals surface area contributed by atoms with E-state index in [1.807, 2.05) is 12.1 Å². The van der Waals surface area contributed by atoms with E-state index >= 15 is 0 Å². The summed E-state index contributed by atoms with van der Waals surface area (Å²) in [4.78, 5) is 22.2. The maximum absolute atomic E-state index is 14.7. The summed E-state index contributed by atoms with van der Waals surface area (Å²) in [7, 11) is 3.92. The summed E-state index contributed by atoms with van der Waals surface area (Å²) < 4.78 is 20.5. The Balaban J connectivity index is 1.12. The molecule has 0 spiro atoms. The Morgan fingerprint density at radius 1 is 0.976 bits per heavy atom. The molecule has 3 aromatic rings. The van der Waals surface area contributed by atoms with E-state index in [2.05, 4.69) is 43.1 Å². The molecule has 0 bridgehead atoms. The smallest absolute Gasteiger partial charge is 0.158 e. The fraction of sp³-hybridized carbons (Fsp3) is 0.467. The summed E-state index contributed by atoms with van der Waals surface area (Å²) >= 11 is 5.96. The van der Waals surface area contributed by atoms with Crippen LogP contribution in [-0.2, 0) is 4.84 Å². The topological polar surface area (TPSA) is 69.2 Å². The van der Waals surface area contributed by atoms with Crippen LogP contribution in [0.15, 0.2) is 48.8 Å². The van der Waals surface area contributed by atoms with Crippen molar-refractivity contribution in [2.45, 2.75) is 31.3 Å². The van der Waals surface area contributed by atoms with Crippen LogP contribution in [0, 0.1) is 5.82 Å². The van der Waals surface area contributed by atoms with Gasteiger partial charge in [-0.2, -0.15) is 0 Å². The minimum absolute atomic E-state index is 0.310. The number of piperidine rings is 1. The number of ether oxygens (including phenoxy) is 1. The molecule has 3 fully saturated rings. The van der Waals surface area contributed by atoms with Gasteiger partial charge < -0.3 is 19.9 Å². The lowest BCUT2D eigenvalue weighted by atomic mass is 10.0. The molecule has 218 valence electrons. The van der Waals surface area contributed by atoms with Gasteiger partial charge in [-0.25, -0.2) is 19.4 Å². The summed E-state index contributed by atoms with van der Waals surface area (Å²) in [6, 6.07) is 13.0. The largest absolute Gasteiger partial charge is 0.495 e. The highest BCUT2D eigenvalue weighted by Gasteiger charge is 2.31. The van der Waals surface area contributed by atoms with Crippen molar-refractivity contribution in [2.75, 3.05) is 75.3 Å². The number of benzene rings is 2. The molecule has 1 aromatic heterocycles. The molecule has 0 amide bonds. The van der Waals surface area contributed by atoms with Gasteiger partial charge in [0.2, 0.25) is 0 Å². The minimum Gasteiger partial charge on any atom is -0.495 e. The van der Waals surface area contributed by atoms with E-state index in [0.717, 1.165) is 69.2 Å². The van der Waals surface area contributed by atoms with Gasteiger partial charge in [-0.3, -0.25) is 9.74 Å². The van der Waals surface area contributed by atoms with Crippen molar-refractivity contribution in [3.63, 3.8) is 0 Å². The predicted molar refractivity (Wildman–Crippen MR) is 160 cm³/mol. The fourth-order valence-corrected chi connectivity index (χ4v) is 6.27. The number of halogens is 2. The van der Waals surface area contributed by atoms with Crippen molar-refractivity contribution >= 4 is 34.6 Å².